The molecule has 0 saturated heterocycles. The van der Waals surface area contributed by atoms with Crippen LogP contribution in [0.5, 0.6) is 0 Å². The van der Waals surface area contributed by atoms with Crippen LogP contribution in [-0.4, -0.2) is 10.1 Å². The molecule has 2 aromatic rings. The first-order chi connectivity index (χ1) is 7.16. The second kappa shape index (κ2) is 3.98. The smallest absolute Gasteiger partial charge is 0.244 e. The third-order valence-electron chi connectivity index (χ3n) is 1.88. The monoisotopic (exact) mass is 226 g/mol. The summed E-state index contributed by atoms with van der Waals surface area (Å²) in [5, 5.41) is 3.42. The van der Waals surface area contributed by atoms with Crippen molar-refractivity contribution < 1.29 is 8.91 Å². The zero-order valence-corrected chi connectivity index (χ0v) is 8.70. The van der Waals surface area contributed by atoms with Crippen LogP contribution in [0.25, 0.3) is 11.4 Å². The Bertz CT molecular complexity index is 453. The van der Waals surface area contributed by atoms with Gasteiger partial charge in [0, 0.05) is 5.56 Å². The lowest BCUT2D eigenvalue weighted by Crippen LogP contribution is -1.84. The van der Waals surface area contributed by atoms with E-state index in [0.29, 0.717) is 17.3 Å². The van der Waals surface area contributed by atoms with Crippen LogP contribution >= 0.6 is 11.6 Å². The van der Waals surface area contributed by atoms with Gasteiger partial charge in [-0.2, -0.15) is 4.98 Å². The predicted octanol–water partition coefficient (Wildman–Crippen LogP) is 3.18. The van der Waals surface area contributed by atoms with Crippen molar-refractivity contribution in [3.63, 3.8) is 0 Å². The van der Waals surface area contributed by atoms with Crippen molar-refractivity contribution >= 4 is 11.6 Å². The lowest BCUT2D eigenvalue weighted by Gasteiger charge is -1.93. The predicted molar refractivity (Wildman–Crippen MR) is 54.0 cm³/mol. The lowest BCUT2D eigenvalue weighted by molar-refractivity contribution is 0.379. The molecule has 0 radical (unpaired) electrons. The molecule has 1 aromatic heterocycles. The molecule has 0 aliphatic carbocycles. The fraction of sp³-hybridized carbons (Fsp3) is 0.200. The fourth-order valence-corrected chi connectivity index (χ4v) is 1.20. The van der Waals surface area contributed by atoms with Gasteiger partial charge >= 0.3 is 0 Å². The standard InChI is InChI=1S/C10H8ClFN2O/c1-6(11)10-13-9(14-15-10)7-2-4-8(12)5-3-7/h2-6H,1H3. The first-order valence-corrected chi connectivity index (χ1v) is 4.84. The molecule has 0 saturated carbocycles. The summed E-state index contributed by atoms with van der Waals surface area (Å²) in [6.07, 6.45) is 0. The highest BCUT2D eigenvalue weighted by Gasteiger charge is 2.12. The molecule has 0 N–H and O–H groups in total. The summed E-state index contributed by atoms with van der Waals surface area (Å²) < 4.78 is 17.6. The van der Waals surface area contributed by atoms with E-state index in [2.05, 4.69) is 10.1 Å². The third kappa shape index (κ3) is 2.15. The maximum Gasteiger partial charge on any atom is 0.244 e. The minimum Gasteiger partial charge on any atom is -0.337 e. The Balaban J connectivity index is 2.33. The molecule has 0 aliphatic rings. The molecule has 0 aliphatic heterocycles. The van der Waals surface area contributed by atoms with Crippen LogP contribution in [0.1, 0.15) is 18.2 Å². The van der Waals surface area contributed by atoms with Crippen molar-refractivity contribution in [2.75, 3.05) is 0 Å². The fourth-order valence-electron chi connectivity index (χ4n) is 1.11. The normalized spacial score (nSPS) is 12.7. The van der Waals surface area contributed by atoms with E-state index >= 15 is 0 Å². The number of nitrogens with zero attached hydrogens (tertiary/aromatic N) is 2. The van der Waals surface area contributed by atoms with Gasteiger partial charge in [-0.1, -0.05) is 5.16 Å². The number of aromatic nitrogens is 2. The number of hydrogen-bond donors (Lipinski definition) is 0. The van der Waals surface area contributed by atoms with Crippen molar-refractivity contribution in [2.45, 2.75) is 12.3 Å². The van der Waals surface area contributed by atoms with Crippen LogP contribution in [0.15, 0.2) is 28.8 Å². The SMILES string of the molecule is CC(Cl)c1nc(-c2ccc(F)cc2)no1. The molecule has 0 fully saturated rings. The van der Waals surface area contributed by atoms with Crippen molar-refractivity contribution in [2.24, 2.45) is 0 Å². The number of benzene rings is 1. The van der Waals surface area contributed by atoms with Gasteiger partial charge in [0.1, 0.15) is 11.2 Å². The van der Waals surface area contributed by atoms with Gasteiger partial charge < -0.3 is 4.52 Å². The molecule has 78 valence electrons. The van der Waals surface area contributed by atoms with E-state index in [9.17, 15) is 4.39 Å². The Morgan fingerprint density at radius 2 is 2.00 bits per heavy atom. The van der Waals surface area contributed by atoms with E-state index < -0.39 is 0 Å². The van der Waals surface area contributed by atoms with Crippen molar-refractivity contribution in [1.82, 2.24) is 10.1 Å². The molecule has 2 rings (SSSR count). The summed E-state index contributed by atoms with van der Waals surface area (Å²) in [5.74, 6) is 0.474. The largest absolute Gasteiger partial charge is 0.337 e. The summed E-state index contributed by atoms with van der Waals surface area (Å²) in [6, 6.07) is 5.86. The summed E-state index contributed by atoms with van der Waals surface area (Å²) in [7, 11) is 0. The van der Waals surface area contributed by atoms with Gasteiger partial charge in [0.25, 0.3) is 0 Å². The highest BCUT2D eigenvalue weighted by molar-refractivity contribution is 6.20. The molecule has 0 amide bonds. The molecule has 1 atom stereocenters. The second-order valence-corrected chi connectivity index (χ2v) is 3.73. The quantitative estimate of drug-likeness (QED) is 0.739. The van der Waals surface area contributed by atoms with Crippen LogP contribution < -0.4 is 0 Å². The van der Waals surface area contributed by atoms with E-state index in [-0.39, 0.29) is 11.2 Å². The lowest BCUT2D eigenvalue weighted by atomic mass is 10.2. The molecule has 5 heteroatoms. The van der Waals surface area contributed by atoms with E-state index in [4.69, 9.17) is 16.1 Å². The van der Waals surface area contributed by atoms with Crippen LogP contribution in [0.3, 0.4) is 0 Å². The number of hydrogen-bond acceptors (Lipinski definition) is 3. The topological polar surface area (TPSA) is 38.9 Å². The van der Waals surface area contributed by atoms with Gasteiger partial charge in [0.05, 0.1) is 0 Å². The Kier molecular flexibility index (Phi) is 2.68. The summed E-state index contributed by atoms with van der Waals surface area (Å²) >= 11 is 5.77. The highest BCUT2D eigenvalue weighted by atomic mass is 35.5. The van der Waals surface area contributed by atoms with Gasteiger partial charge in [-0.3, -0.25) is 0 Å². The molecule has 15 heavy (non-hydrogen) atoms. The Labute approximate surface area is 90.9 Å². The average molecular weight is 227 g/mol. The summed E-state index contributed by atoms with van der Waals surface area (Å²) in [5.41, 5.74) is 0.698. The van der Waals surface area contributed by atoms with Gasteiger partial charge in [0.15, 0.2) is 0 Å². The maximum atomic E-state index is 12.7. The Morgan fingerprint density at radius 1 is 1.33 bits per heavy atom. The van der Waals surface area contributed by atoms with Gasteiger partial charge in [-0.25, -0.2) is 4.39 Å². The number of alkyl halides is 1. The Hall–Kier alpha value is -1.42. The zero-order chi connectivity index (χ0) is 10.8. The Morgan fingerprint density at radius 3 is 2.53 bits per heavy atom. The maximum absolute atomic E-state index is 12.7. The number of rotatable bonds is 2. The average Bonchev–Trinajstić information content (AvgIpc) is 2.68. The molecule has 3 nitrogen and oxygen atoms in total. The molecule has 1 unspecified atom stereocenters. The summed E-state index contributed by atoms with van der Waals surface area (Å²) in [4.78, 5) is 4.08. The van der Waals surface area contributed by atoms with Crippen LogP contribution in [-0.2, 0) is 0 Å². The molecular formula is C10H8ClFN2O. The molecular weight excluding hydrogens is 219 g/mol. The third-order valence-corrected chi connectivity index (χ3v) is 2.07. The van der Waals surface area contributed by atoms with Gasteiger partial charge in [0.2, 0.25) is 11.7 Å². The minimum absolute atomic E-state index is 0.298. The number of halogens is 2. The van der Waals surface area contributed by atoms with Crippen molar-refractivity contribution in [3.8, 4) is 11.4 Å². The first-order valence-electron chi connectivity index (χ1n) is 4.40. The van der Waals surface area contributed by atoms with E-state index in [1.54, 1.807) is 19.1 Å². The van der Waals surface area contributed by atoms with Crippen LogP contribution in [0.2, 0.25) is 0 Å². The molecule has 0 spiro atoms. The van der Waals surface area contributed by atoms with E-state index in [0.717, 1.165) is 0 Å². The minimum atomic E-state index is -0.327. The summed E-state index contributed by atoms with van der Waals surface area (Å²) in [6.45, 7) is 1.74. The van der Waals surface area contributed by atoms with Crippen molar-refractivity contribution in [3.05, 3.63) is 36.0 Å². The molecule has 1 aromatic carbocycles. The first kappa shape index (κ1) is 10.1. The van der Waals surface area contributed by atoms with Crippen LogP contribution in [0.4, 0.5) is 4.39 Å². The second-order valence-electron chi connectivity index (χ2n) is 3.08. The highest BCUT2D eigenvalue weighted by Crippen LogP contribution is 2.21. The molecule has 1 heterocycles. The van der Waals surface area contributed by atoms with E-state index in [1.165, 1.54) is 12.1 Å². The zero-order valence-electron chi connectivity index (χ0n) is 7.95. The van der Waals surface area contributed by atoms with Gasteiger partial charge in [-0.15, -0.1) is 11.6 Å². The van der Waals surface area contributed by atoms with E-state index in [1.807, 2.05) is 0 Å². The molecule has 0 bridgehead atoms. The van der Waals surface area contributed by atoms with Crippen molar-refractivity contribution in [1.29, 1.82) is 0 Å². The van der Waals surface area contributed by atoms with Gasteiger partial charge in [-0.05, 0) is 31.2 Å². The van der Waals surface area contributed by atoms with Crippen LogP contribution in [0, 0.1) is 5.82 Å².